The number of rotatable bonds is 8. The lowest BCUT2D eigenvalue weighted by atomic mass is 10.1. The van der Waals surface area contributed by atoms with Crippen molar-refractivity contribution in [3.05, 3.63) is 82.8 Å². The van der Waals surface area contributed by atoms with E-state index in [4.69, 9.17) is 0 Å². The number of nitrogens with one attached hydrogen (secondary N) is 2. The number of carbonyl (C=O) groups is 1. The van der Waals surface area contributed by atoms with Gasteiger partial charge in [-0.15, -0.1) is 21.5 Å². The third-order valence-corrected chi connectivity index (χ3v) is 6.71. The van der Waals surface area contributed by atoms with Crippen molar-refractivity contribution in [3.8, 4) is 0 Å². The van der Waals surface area contributed by atoms with E-state index in [9.17, 15) is 4.79 Å². The van der Waals surface area contributed by atoms with Gasteiger partial charge in [0.2, 0.25) is 11.0 Å². The van der Waals surface area contributed by atoms with Crippen molar-refractivity contribution in [3.63, 3.8) is 0 Å². The fraction of sp³-hybridized carbons (Fsp3) is 0.100. The quantitative estimate of drug-likeness (QED) is 0.386. The van der Waals surface area contributed by atoms with E-state index >= 15 is 0 Å². The first-order valence-electron chi connectivity index (χ1n) is 8.80. The van der Waals surface area contributed by atoms with Crippen LogP contribution in [0.15, 0.2) is 76.6 Å². The van der Waals surface area contributed by atoms with Crippen molar-refractivity contribution in [1.82, 2.24) is 20.5 Å². The first kappa shape index (κ1) is 19.6. The van der Waals surface area contributed by atoms with Crippen molar-refractivity contribution in [2.75, 3.05) is 11.1 Å². The Balaban J connectivity index is 1.35. The molecule has 2 heterocycles. The molecule has 0 saturated carbocycles. The van der Waals surface area contributed by atoms with Gasteiger partial charge in [0.15, 0.2) is 4.34 Å². The van der Waals surface area contributed by atoms with Crippen molar-refractivity contribution >= 4 is 51.2 Å². The van der Waals surface area contributed by atoms with E-state index in [1.54, 1.807) is 6.20 Å². The molecule has 0 spiro atoms. The second kappa shape index (κ2) is 9.64. The van der Waals surface area contributed by atoms with E-state index in [2.05, 4.69) is 25.8 Å². The summed E-state index contributed by atoms with van der Waals surface area (Å²) in [5.74, 6) is 0.182. The zero-order valence-electron chi connectivity index (χ0n) is 15.2. The molecule has 4 rings (SSSR count). The van der Waals surface area contributed by atoms with Crippen LogP contribution in [0.2, 0.25) is 0 Å². The molecule has 4 aromatic rings. The minimum absolute atomic E-state index is 0.0770. The fourth-order valence-electron chi connectivity index (χ4n) is 2.60. The first-order valence-corrected chi connectivity index (χ1v) is 11.5. The highest BCUT2D eigenvalue weighted by molar-refractivity contribution is 8.01. The summed E-state index contributed by atoms with van der Waals surface area (Å²) in [6, 6.07) is 19.4. The lowest BCUT2D eigenvalue weighted by Gasteiger charge is -2.16. The Labute approximate surface area is 180 Å². The average Bonchev–Trinajstić information content (AvgIpc) is 3.44. The minimum Gasteiger partial charge on any atom is -0.342 e. The summed E-state index contributed by atoms with van der Waals surface area (Å²) in [5.41, 5.74) is 1.96. The lowest BCUT2D eigenvalue weighted by Crippen LogP contribution is -2.30. The molecule has 2 N–H and O–H groups in total. The van der Waals surface area contributed by atoms with E-state index in [1.165, 1.54) is 34.4 Å². The highest BCUT2D eigenvalue weighted by Crippen LogP contribution is 2.28. The van der Waals surface area contributed by atoms with E-state index < -0.39 is 0 Å². The summed E-state index contributed by atoms with van der Waals surface area (Å²) in [6.45, 7) is 0. The van der Waals surface area contributed by atoms with Gasteiger partial charge in [-0.25, -0.2) is 4.98 Å². The molecule has 0 aliphatic heterocycles. The van der Waals surface area contributed by atoms with Crippen LogP contribution in [0, 0.1) is 0 Å². The molecule has 0 bridgehead atoms. The van der Waals surface area contributed by atoms with Gasteiger partial charge in [0.1, 0.15) is 11.0 Å². The molecule has 1 atom stereocenters. The van der Waals surface area contributed by atoms with Crippen LogP contribution in [-0.4, -0.2) is 26.8 Å². The lowest BCUT2D eigenvalue weighted by molar-refractivity contribution is -0.119. The van der Waals surface area contributed by atoms with Crippen LogP contribution in [0.5, 0.6) is 0 Å². The summed E-state index contributed by atoms with van der Waals surface area (Å²) in [5, 5.41) is 18.0. The molecule has 0 saturated heterocycles. The third kappa shape index (κ3) is 5.41. The van der Waals surface area contributed by atoms with Crippen LogP contribution in [0.1, 0.15) is 16.6 Å². The van der Waals surface area contributed by atoms with Gasteiger partial charge in [-0.1, -0.05) is 71.6 Å². The third-order valence-electron chi connectivity index (χ3n) is 3.89. The van der Waals surface area contributed by atoms with E-state index in [1.807, 2.05) is 66.0 Å². The van der Waals surface area contributed by atoms with Crippen LogP contribution in [0.3, 0.4) is 0 Å². The molecular weight excluding hydrogens is 422 g/mol. The molecule has 6 nitrogen and oxygen atoms in total. The maximum absolute atomic E-state index is 12.6. The van der Waals surface area contributed by atoms with Crippen LogP contribution >= 0.6 is 34.4 Å². The van der Waals surface area contributed by atoms with E-state index in [-0.39, 0.29) is 17.7 Å². The number of aromatic nitrogens is 3. The predicted molar refractivity (Wildman–Crippen MR) is 119 cm³/mol. The van der Waals surface area contributed by atoms with Crippen molar-refractivity contribution < 1.29 is 4.79 Å². The molecule has 29 heavy (non-hydrogen) atoms. The van der Waals surface area contributed by atoms with Gasteiger partial charge in [0, 0.05) is 17.3 Å². The summed E-state index contributed by atoms with van der Waals surface area (Å²) in [7, 11) is 0. The molecule has 0 radical (unpaired) electrons. The normalized spacial score (nSPS) is 11.7. The molecule has 146 valence electrons. The number of carbonyl (C=O) groups excluding carboxylic acids is 1. The largest absolute Gasteiger partial charge is 0.342 e. The van der Waals surface area contributed by atoms with Crippen molar-refractivity contribution in [2.24, 2.45) is 0 Å². The Bertz CT molecular complexity index is 1040. The summed E-state index contributed by atoms with van der Waals surface area (Å²) >= 11 is 4.32. The van der Waals surface area contributed by atoms with Crippen molar-refractivity contribution in [2.45, 2.75) is 10.4 Å². The molecule has 0 aliphatic carbocycles. The smallest absolute Gasteiger partial charge is 0.231 e. The van der Waals surface area contributed by atoms with Crippen molar-refractivity contribution in [1.29, 1.82) is 0 Å². The number of nitrogens with zero attached hydrogens (tertiary/aromatic N) is 3. The number of benzene rings is 2. The second-order valence-corrected chi connectivity index (χ2v) is 9.06. The van der Waals surface area contributed by atoms with Crippen LogP contribution in [0.25, 0.3) is 0 Å². The zero-order valence-corrected chi connectivity index (χ0v) is 17.6. The molecule has 1 amide bonds. The number of anilines is 2. The molecule has 0 aliphatic rings. The van der Waals surface area contributed by atoms with Gasteiger partial charge < -0.3 is 10.6 Å². The van der Waals surface area contributed by atoms with Crippen LogP contribution < -0.4 is 10.6 Å². The van der Waals surface area contributed by atoms with E-state index in [0.717, 1.165) is 20.6 Å². The standard InChI is InChI=1S/C20H17N5OS3/c26-16(23-17(18-21-11-12-27-18)14-7-3-1-4-8-14)13-28-20-25-24-19(29-20)22-15-9-5-2-6-10-15/h1-12,17H,13H2,(H,22,24)(H,23,26). The Morgan fingerprint density at radius 2 is 1.79 bits per heavy atom. The maximum Gasteiger partial charge on any atom is 0.231 e. The SMILES string of the molecule is O=C(CSc1nnc(Nc2ccccc2)s1)NC(c1ccccc1)c1nccs1. The van der Waals surface area contributed by atoms with E-state index in [0.29, 0.717) is 5.13 Å². The fourth-order valence-corrected chi connectivity index (χ4v) is 4.90. The second-order valence-electron chi connectivity index (χ2n) is 5.93. The van der Waals surface area contributed by atoms with Gasteiger partial charge in [-0.3, -0.25) is 4.79 Å². The molecule has 2 aromatic carbocycles. The topological polar surface area (TPSA) is 79.8 Å². The zero-order chi connectivity index (χ0) is 19.9. The highest BCUT2D eigenvalue weighted by Gasteiger charge is 2.19. The Hall–Kier alpha value is -2.75. The molecule has 0 fully saturated rings. The monoisotopic (exact) mass is 439 g/mol. The van der Waals surface area contributed by atoms with Crippen LogP contribution in [-0.2, 0) is 4.79 Å². The number of hydrogen-bond donors (Lipinski definition) is 2. The summed E-state index contributed by atoms with van der Waals surface area (Å²) in [4.78, 5) is 17.0. The van der Waals surface area contributed by atoms with Gasteiger partial charge in [-0.2, -0.15) is 0 Å². The molecular formula is C20H17N5OS3. The molecule has 9 heteroatoms. The van der Waals surface area contributed by atoms with Gasteiger partial charge in [0.05, 0.1) is 5.75 Å². The van der Waals surface area contributed by atoms with Gasteiger partial charge in [-0.05, 0) is 17.7 Å². The maximum atomic E-state index is 12.6. The van der Waals surface area contributed by atoms with Gasteiger partial charge >= 0.3 is 0 Å². The number of thiazole rings is 1. The number of para-hydroxylation sites is 1. The Morgan fingerprint density at radius 1 is 1.03 bits per heavy atom. The van der Waals surface area contributed by atoms with Crippen LogP contribution in [0.4, 0.5) is 10.8 Å². The molecule has 1 unspecified atom stereocenters. The molecule has 2 aromatic heterocycles. The number of thioether (sulfide) groups is 1. The first-order chi connectivity index (χ1) is 14.3. The highest BCUT2D eigenvalue weighted by atomic mass is 32.2. The average molecular weight is 440 g/mol. The Kier molecular flexibility index (Phi) is 6.50. The number of hydrogen-bond acceptors (Lipinski definition) is 8. The Morgan fingerprint density at radius 3 is 2.52 bits per heavy atom. The number of amides is 1. The minimum atomic E-state index is -0.256. The summed E-state index contributed by atoms with van der Waals surface area (Å²) in [6.07, 6.45) is 1.75. The predicted octanol–water partition coefficient (Wildman–Crippen LogP) is 4.74. The van der Waals surface area contributed by atoms with Gasteiger partial charge in [0.25, 0.3) is 0 Å². The summed E-state index contributed by atoms with van der Waals surface area (Å²) < 4.78 is 0.740.